The molecule has 2 rings (SSSR count). The summed E-state index contributed by atoms with van der Waals surface area (Å²) in [4.78, 5) is 2.41. The van der Waals surface area contributed by atoms with Crippen molar-refractivity contribution >= 4 is 0 Å². The molecule has 0 bridgehead atoms. The van der Waals surface area contributed by atoms with E-state index in [0.29, 0.717) is 24.6 Å². The van der Waals surface area contributed by atoms with Gasteiger partial charge in [0.1, 0.15) is 0 Å². The largest absolute Gasteiger partial charge is 0.396 e. The maximum Gasteiger partial charge on any atom is 0.0474 e. The maximum absolute atomic E-state index is 9.39. The molecule has 16 heavy (non-hydrogen) atoms. The van der Waals surface area contributed by atoms with Gasteiger partial charge in [-0.05, 0) is 45.2 Å². The van der Waals surface area contributed by atoms with Crippen molar-refractivity contribution in [3.63, 3.8) is 0 Å². The Bertz CT molecular complexity index is 210. The van der Waals surface area contributed by atoms with Crippen LogP contribution in [0.4, 0.5) is 0 Å². The highest BCUT2D eigenvalue weighted by Crippen LogP contribution is 2.25. The zero-order valence-electron chi connectivity index (χ0n) is 10.5. The van der Waals surface area contributed by atoms with E-state index in [2.05, 4.69) is 17.3 Å². The van der Waals surface area contributed by atoms with Gasteiger partial charge in [-0.3, -0.25) is 0 Å². The molecule has 3 heteroatoms. The van der Waals surface area contributed by atoms with Crippen molar-refractivity contribution in [2.24, 2.45) is 5.92 Å². The van der Waals surface area contributed by atoms with Crippen molar-refractivity contribution in [1.29, 1.82) is 0 Å². The summed E-state index contributed by atoms with van der Waals surface area (Å²) in [5, 5.41) is 13.2. The van der Waals surface area contributed by atoms with Crippen LogP contribution in [-0.2, 0) is 0 Å². The fourth-order valence-electron chi connectivity index (χ4n) is 3.25. The van der Waals surface area contributed by atoms with E-state index >= 15 is 0 Å². The first-order valence-electron chi connectivity index (χ1n) is 6.85. The van der Waals surface area contributed by atoms with Crippen molar-refractivity contribution in [3.05, 3.63) is 0 Å². The summed E-state index contributed by atoms with van der Waals surface area (Å²) in [6, 6.07) is 1.21. The zero-order valence-corrected chi connectivity index (χ0v) is 10.5. The van der Waals surface area contributed by atoms with Crippen molar-refractivity contribution in [3.8, 4) is 0 Å². The van der Waals surface area contributed by atoms with Crippen molar-refractivity contribution in [1.82, 2.24) is 10.2 Å². The van der Waals surface area contributed by atoms with Crippen LogP contribution in [0.5, 0.6) is 0 Å². The predicted octanol–water partition coefficient (Wildman–Crippen LogP) is 1.22. The molecule has 1 saturated carbocycles. The molecular weight excluding hydrogens is 200 g/mol. The molecule has 2 N–H and O–H groups in total. The second kappa shape index (κ2) is 5.99. The monoisotopic (exact) mass is 226 g/mol. The van der Waals surface area contributed by atoms with E-state index in [0.717, 1.165) is 0 Å². The molecule has 1 heterocycles. The molecule has 1 aliphatic heterocycles. The van der Waals surface area contributed by atoms with Crippen molar-refractivity contribution < 1.29 is 5.11 Å². The van der Waals surface area contributed by atoms with E-state index < -0.39 is 0 Å². The number of piperidine rings is 1. The molecule has 0 aromatic carbocycles. The second-order valence-corrected chi connectivity index (χ2v) is 5.60. The minimum atomic E-state index is 0.361. The molecule has 94 valence electrons. The number of nitrogens with one attached hydrogen (secondary N) is 1. The first-order valence-corrected chi connectivity index (χ1v) is 6.85. The van der Waals surface area contributed by atoms with Gasteiger partial charge in [-0.2, -0.15) is 0 Å². The summed E-state index contributed by atoms with van der Waals surface area (Å²) in [5.74, 6) is 0.501. The van der Waals surface area contributed by atoms with Gasteiger partial charge in [-0.15, -0.1) is 0 Å². The van der Waals surface area contributed by atoms with Gasteiger partial charge in [-0.1, -0.05) is 12.8 Å². The Morgan fingerprint density at radius 3 is 2.75 bits per heavy atom. The Morgan fingerprint density at radius 2 is 2.00 bits per heavy atom. The number of hydrogen-bond donors (Lipinski definition) is 2. The quantitative estimate of drug-likeness (QED) is 0.759. The number of aliphatic hydroxyl groups excluding tert-OH is 1. The molecule has 0 radical (unpaired) electrons. The normalized spacial score (nSPS) is 37.5. The van der Waals surface area contributed by atoms with Crippen molar-refractivity contribution in [2.75, 3.05) is 26.7 Å². The molecule has 3 atom stereocenters. The lowest BCUT2D eigenvalue weighted by Gasteiger charge is -2.37. The lowest BCUT2D eigenvalue weighted by Crippen LogP contribution is -2.51. The Hall–Kier alpha value is -0.120. The van der Waals surface area contributed by atoms with Crippen LogP contribution in [0, 0.1) is 5.92 Å². The summed E-state index contributed by atoms with van der Waals surface area (Å²) in [7, 11) is 2.21. The van der Waals surface area contributed by atoms with Crippen LogP contribution >= 0.6 is 0 Å². The third kappa shape index (κ3) is 3.19. The van der Waals surface area contributed by atoms with Gasteiger partial charge in [-0.25, -0.2) is 0 Å². The van der Waals surface area contributed by atoms with Gasteiger partial charge in [0.15, 0.2) is 0 Å². The summed E-state index contributed by atoms with van der Waals surface area (Å²) < 4.78 is 0. The molecule has 0 aromatic heterocycles. The highest BCUT2D eigenvalue weighted by Gasteiger charge is 2.27. The molecule has 0 aromatic rings. The van der Waals surface area contributed by atoms with E-state index in [9.17, 15) is 5.11 Å². The van der Waals surface area contributed by atoms with Gasteiger partial charge in [0.2, 0.25) is 0 Å². The Morgan fingerprint density at radius 1 is 1.19 bits per heavy atom. The van der Waals surface area contributed by atoms with Crippen LogP contribution < -0.4 is 5.32 Å². The Balaban J connectivity index is 1.82. The minimum absolute atomic E-state index is 0.361. The molecule has 2 fully saturated rings. The second-order valence-electron chi connectivity index (χ2n) is 5.60. The lowest BCUT2D eigenvalue weighted by atomic mass is 9.84. The molecule has 3 unspecified atom stereocenters. The van der Waals surface area contributed by atoms with Gasteiger partial charge < -0.3 is 15.3 Å². The van der Waals surface area contributed by atoms with Gasteiger partial charge in [0.05, 0.1) is 0 Å². The van der Waals surface area contributed by atoms with Gasteiger partial charge in [0.25, 0.3) is 0 Å². The Labute approximate surface area is 99.2 Å². The average Bonchev–Trinajstić information content (AvgIpc) is 2.30. The van der Waals surface area contributed by atoms with Gasteiger partial charge in [0, 0.05) is 25.2 Å². The van der Waals surface area contributed by atoms with Gasteiger partial charge >= 0.3 is 0 Å². The summed E-state index contributed by atoms with van der Waals surface area (Å²) >= 11 is 0. The molecule has 3 nitrogen and oxygen atoms in total. The number of rotatable bonds is 3. The van der Waals surface area contributed by atoms with E-state index in [4.69, 9.17) is 0 Å². The summed E-state index contributed by atoms with van der Waals surface area (Å²) in [6.07, 6.45) is 7.70. The molecule has 1 saturated heterocycles. The first-order chi connectivity index (χ1) is 7.79. The number of aliphatic hydroxyl groups is 1. The highest BCUT2D eigenvalue weighted by atomic mass is 16.3. The number of hydrogen-bond acceptors (Lipinski definition) is 3. The maximum atomic E-state index is 9.39. The third-order valence-corrected chi connectivity index (χ3v) is 4.22. The highest BCUT2D eigenvalue weighted by molar-refractivity contribution is 4.86. The van der Waals surface area contributed by atoms with E-state index in [1.807, 2.05) is 0 Å². The number of likely N-dealkylation sites (tertiary alicyclic amines) is 1. The lowest BCUT2D eigenvalue weighted by molar-refractivity contribution is 0.130. The Kier molecular flexibility index (Phi) is 4.62. The smallest absolute Gasteiger partial charge is 0.0474 e. The van der Waals surface area contributed by atoms with E-state index in [1.165, 1.54) is 51.6 Å². The molecular formula is C13H26N2O. The SMILES string of the molecule is CN1CCCC(NC2CCCCC2CO)C1. The van der Waals surface area contributed by atoms with Crippen molar-refractivity contribution in [2.45, 2.75) is 50.6 Å². The molecule has 1 aliphatic carbocycles. The summed E-state index contributed by atoms with van der Waals surface area (Å²) in [5.41, 5.74) is 0. The minimum Gasteiger partial charge on any atom is -0.396 e. The van der Waals surface area contributed by atoms with Crippen LogP contribution in [0.3, 0.4) is 0 Å². The van der Waals surface area contributed by atoms with E-state index in [-0.39, 0.29) is 0 Å². The standard InChI is InChI=1S/C13H26N2O/c1-15-8-4-6-12(9-15)14-13-7-3-2-5-11(13)10-16/h11-14,16H,2-10H2,1H3. The fourth-order valence-corrected chi connectivity index (χ4v) is 3.25. The predicted molar refractivity (Wildman–Crippen MR) is 66.5 cm³/mol. The van der Waals surface area contributed by atoms with Crippen LogP contribution in [-0.4, -0.2) is 48.8 Å². The third-order valence-electron chi connectivity index (χ3n) is 4.22. The number of likely N-dealkylation sites (N-methyl/N-ethyl adjacent to an activating group) is 1. The number of nitrogens with zero attached hydrogens (tertiary/aromatic N) is 1. The molecule has 0 amide bonds. The fraction of sp³-hybridized carbons (Fsp3) is 1.00. The summed E-state index contributed by atoms with van der Waals surface area (Å²) in [6.45, 7) is 2.78. The zero-order chi connectivity index (χ0) is 11.4. The van der Waals surface area contributed by atoms with Crippen LogP contribution in [0.15, 0.2) is 0 Å². The van der Waals surface area contributed by atoms with E-state index in [1.54, 1.807) is 0 Å². The molecule has 0 spiro atoms. The first kappa shape index (κ1) is 12.3. The average molecular weight is 226 g/mol. The van der Waals surface area contributed by atoms with Crippen LogP contribution in [0.2, 0.25) is 0 Å². The van der Waals surface area contributed by atoms with Crippen LogP contribution in [0.1, 0.15) is 38.5 Å². The molecule has 2 aliphatic rings. The topological polar surface area (TPSA) is 35.5 Å². The van der Waals surface area contributed by atoms with Crippen LogP contribution in [0.25, 0.3) is 0 Å².